The molecule has 0 aromatic heterocycles. The normalized spacial score (nSPS) is 25.5. The number of rotatable bonds is 6. The van der Waals surface area contributed by atoms with Crippen LogP contribution in [0.1, 0.15) is 39.5 Å². The van der Waals surface area contributed by atoms with Crippen molar-refractivity contribution in [2.24, 2.45) is 11.8 Å². The van der Waals surface area contributed by atoms with E-state index >= 15 is 0 Å². The van der Waals surface area contributed by atoms with Crippen LogP contribution in [0.2, 0.25) is 0 Å². The fourth-order valence-corrected chi connectivity index (χ4v) is 2.13. The van der Waals surface area contributed by atoms with Gasteiger partial charge in [0.2, 0.25) is 5.91 Å². The molecule has 1 rings (SSSR count). The van der Waals surface area contributed by atoms with Crippen molar-refractivity contribution in [2.45, 2.75) is 39.5 Å². The number of ether oxygens (including phenoxy) is 1. The van der Waals surface area contributed by atoms with Crippen LogP contribution in [-0.4, -0.2) is 25.7 Å². The lowest BCUT2D eigenvalue weighted by Crippen LogP contribution is -2.33. The van der Waals surface area contributed by atoms with Gasteiger partial charge in [0.1, 0.15) is 6.61 Å². The van der Waals surface area contributed by atoms with Crippen LogP contribution in [0.15, 0.2) is 0 Å². The van der Waals surface area contributed by atoms with E-state index in [1.165, 1.54) is 19.3 Å². The second-order valence-electron chi connectivity index (χ2n) is 4.52. The molecule has 1 aliphatic carbocycles. The summed E-state index contributed by atoms with van der Waals surface area (Å²) in [6, 6.07) is 0. The topological polar surface area (TPSA) is 38.3 Å². The minimum atomic E-state index is 0.0301. The van der Waals surface area contributed by atoms with Crippen LogP contribution >= 0.6 is 0 Å². The monoisotopic (exact) mass is 213 g/mol. The van der Waals surface area contributed by atoms with Gasteiger partial charge in [-0.15, -0.1) is 0 Å². The summed E-state index contributed by atoms with van der Waals surface area (Å²) in [5.74, 6) is 1.48. The standard InChI is InChI=1S/C12H23NO2/c1-3-7-15-9-12(14)13-8-11-6-4-5-10(11)2/h10-11H,3-9H2,1-2H3,(H,13,14). The molecule has 0 spiro atoms. The van der Waals surface area contributed by atoms with E-state index in [2.05, 4.69) is 12.2 Å². The molecule has 1 N–H and O–H groups in total. The molecule has 0 bridgehead atoms. The third-order valence-electron chi connectivity index (χ3n) is 3.18. The fraction of sp³-hybridized carbons (Fsp3) is 0.917. The SMILES string of the molecule is CCCOCC(=O)NCC1CCCC1C. The van der Waals surface area contributed by atoms with Gasteiger partial charge in [-0.25, -0.2) is 0 Å². The van der Waals surface area contributed by atoms with Crippen molar-refractivity contribution in [1.82, 2.24) is 5.32 Å². The Morgan fingerprint density at radius 3 is 2.87 bits per heavy atom. The van der Waals surface area contributed by atoms with Gasteiger partial charge < -0.3 is 10.1 Å². The van der Waals surface area contributed by atoms with Crippen LogP contribution < -0.4 is 5.32 Å². The molecule has 1 amide bonds. The fourth-order valence-electron chi connectivity index (χ4n) is 2.13. The second kappa shape index (κ2) is 6.83. The summed E-state index contributed by atoms with van der Waals surface area (Å²) in [6.45, 7) is 6.03. The van der Waals surface area contributed by atoms with Crippen molar-refractivity contribution >= 4 is 5.91 Å². The first-order chi connectivity index (χ1) is 7.24. The second-order valence-corrected chi connectivity index (χ2v) is 4.52. The first kappa shape index (κ1) is 12.5. The zero-order valence-corrected chi connectivity index (χ0v) is 9.92. The van der Waals surface area contributed by atoms with Crippen LogP contribution in [0, 0.1) is 11.8 Å². The Bertz CT molecular complexity index is 194. The van der Waals surface area contributed by atoms with Crippen molar-refractivity contribution in [2.75, 3.05) is 19.8 Å². The average molecular weight is 213 g/mol. The number of hydrogen-bond acceptors (Lipinski definition) is 2. The predicted molar refractivity (Wildman–Crippen MR) is 60.6 cm³/mol. The van der Waals surface area contributed by atoms with Crippen LogP contribution in [0.25, 0.3) is 0 Å². The van der Waals surface area contributed by atoms with Gasteiger partial charge in [0.05, 0.1) is 0 Å². The Morgan fingerprint density at radius 1 is 1.47 bits per heavy atom. The summed E-state index contributed by atoms with van der Waals surface area (Å²) in [4.78, 5) is 11.3. The molecule has 1 fully saturated rings. The Morgan fingerprint density at radius 2 is 2.27 bits per heavy atom. The Hall–Kier alpha value is -0.570. The molecule has 1 aliphatic rings. The van der Waals surface area contributed by atoms with E-state index in [9.17, 15) is 4.79 Å². The van der Waals surface area contributed by atoms with Crippen molar-refractivity contribution in [3.05, 3.63) is 0 Å². The molecule has 0 aromatic rings. The van der Waals surface area contributed by atoms with Crippen LogP contribution in [0.5, 0.6) is 0 Å². The summed E-state index contributed by atoms with van der Waals surface area (Å²) >= 11 is 0. The molecular weight excluding hydrogens is 190 g/mol. The molecule has 0 heterocycles. The zero-order valence-electron chi connectivity index (χ0n) is 9.92. The highest BCUT2D eigenvalue weighted by Crippen LogP contribution is 2.30. The summed E-state index contributed by atoms with van der Waals surface area (Å²) in [5.41, 5.74) is 0. The minimum absolute atomic E-state index is 0.0301. The highest BCUT2D eigenvalue weighted by atomic mass is 16.5. The molecule has 2 unspecified atom stereocenters. The molecule has 0 aliphatic heterocycles. The summed E-state index contributed by atoms with van der Waals surface area (Å²) in [7, 11) is 0. The third-order valence-corrected chi connectivity index (χ3v) is 3.18. The quantitative estimate of drug-likeness (QED) is 0.685. The lowest BCUT2D eigenvalue weighted by molar-refractivity contribution is -0.125. The molecule has 1 saturated carbocycles. The van der Waals surface area contributed by atoms with E-state index in [0.29, 0.717) is 12.5 Å². The summed E-state index contributed by atoms with van der Waals surface area (Å²) in [5, 5.41) is 2.95. The number of hydrogen-bond donors (Lipinski definition) is 1. The summed E-state index contributed by atoms with van der Waals surface area (Å²) in [6.07, 6.45) is 4.85. The molecule has 88 valence electrons. The molecule has 0 aromatic carbocycles. The van der Waals surface area contributed by atoms with Crippen molar-refractivity contribution < 1.29 is 9.53 Å². The van der Waals surface area contributed by atoms with Gasteiger partial charge in [-0.1, -0.05) is 26.7 Å². The van der Waals surface area contributed by atoms with Crippen molar-refractivity contribution in [1.29, 1.82) is 0 Å². The van der Waals surface area contributed by atoms with Gasteiger partial charge in [-0.05, 0) is 24.7 Å². The largest absolute Gasteiger partial charge is 0.372 e. The van der Waals surface area contributed by atoms with Gasteiger partial charge in [-0.2, -0.15) is 0 Å². The molecule has 3 nitrogen and oxygen atoms in total. The maximum Gasteiger partial charge on any atom is 0.246 e. The lowest BCUT2D eigenvalue weighted by Gasteiger charge is -2.15. The lowest BCUT2D eigenvalue weighted by atomic mass is 9.98. The van der Waals surface area contributed by atoms with Gasteiger partial charge in [-0.3, -0.25) is 4.79 Å². The van der Waals surface area contributed by atoms with Crippen LogP contribution in [-0.2, 0) is 9.53 Å². The Labute approximate surface area is 92.6 Å². The van der Waals surface area contributed by atoms with E-state index in [0.717, 1.165) is 18.9 Å². The van der Waals surface area contributed by atoms with E-state index in [1.807, 2.05) is 6.92 Å². The molecule has 15 heavy (non-hydrogen) atoms. The number of nitrogens with one attached hydrogen (secondary N) is 1. The minimum Gasteiger partial charge on any atom is -0.372 e. The molecular formula is C12H23NO2. The number of amides is 1. The van der Waals surface area contributed by atoms with E-state index in [-0.39, 0.29) is 12.5 Å². The zero-order chi connectivity index (χ0) is 11.1. The smallest absolute Gasteiger partial charge is 0.246 e. The van der Waals surface area contributed by atoms with E-state index in [4.69, 9.17) is 4.74 Å². The maximum absolute atomic E-state index is 11.3. The number of carbonyl (C=O) groups is 1. The number of carbonyl (C=O) groups excluding carboxylic acids is 1. The van der Waals surface area contributed by atoms with Gasteiger partial charge in [0.25, 0.3) is 0 Å². The molecule has 0 saturated heterocycles. The van der Waals surface area contributed by atoms with E-state index < -0.39 is 0 Å². The van der Waals surface area contributed by atoms with Crippen molar-refractivity contribution in [3.8, 4) is 0 Å². The van der Waals surface area contributed by atoms with Gasteiger partial charge >= 0.3 is 0 Å². The third kappa shape index (κ3) is 4.65. The summed E-state index contributed by atoms with van der Waals surface area (Å²) < 4.78 is 5.17. The first-order valence-corrected chi connectivity index (χ1v) is 6.08. The Kier molecular flexibility index (Phi) is 5.69. The average Bonchev–Trinajstić information content (AvgIpc) is 2.61. The van der Waals surface area contributed by atoms with E-state index in [1.54, 1.807) is 0 Å². The first-order valence-electron chi connectivity index (χ1n) is 6.08. The van der Waals surface area contributed by atoms with Gasteiger partial charge in [0.15, 0.2) is 0 Å². The maximum atomic E-state index is 11.3. The van der Waals surface area contributed by atoms with Gasteiger partial charge in [0, 0.05) is 13.2 Å². The van der Waals surface area contributed by atoms with Crippen LogP contribution in [0.3, 0.4) is 0 Å². The predicted octanol–water partition coefficient (Wildman–Crippen LogP) is 1.97. The highest BCUT2D eigenvalue weighted by molar-refractivity contribution is 5.77. The Balaban J connectivity index is 2.05. The molecule has 0 radical (unpaired) electrons. The van der Waals surface area contributed by atoms with Crippen LogP contribution in [0.4, 0.5) is 0 Å². The van der Waals surface area contributed by atoms with Crippen molar-refractivity contribution in [3.63, 3.8) is 0 Å². The highest BCUT2D eigenvalue weighted by Gasteiger charge is 2.23. The molecule has 3 heteroatoms. The molecule has 2 atom stereocenters.